The zero-order chi connectivity index (χ0) is 16.2. The van der Waals surface area contributed by atoms with Crippen LogP contribution in [0.3, 0.4) is 0 Å². The van der Waals surface area contributed by atoms with Crippen molar-refractivity contribution >= 4 is 11.9 Å². The maximum atomic E-state index is 13.0. The maximum absolute atomic E-state index is 13.0. The number of hydrogen-bond donors (Lipinski definition) is 1. The van der Waals surface area contributed by atoms with E-state index in [1.807, 2.05) is 4.90 Å². The zero-order valence-corrected chi connectivity index (χ0v) is 13.2. The Bertz CT molecular complexity index is 574. The van der Waals surface area contributed by atoms with E-state index in [4.69, 9.17) is 9.84 Å². The molecule has 1 saturated carbocycles. The summed E-state index contributed by atoms with van der Waals surface area (Å²) in [5.74, 6) is -1.08. The first-order chi connectivity index (χ1) is 11.1. The van der Waals surface area contributed by atoms with Crippen LogP contribution in [0.1, 0.15) is 59.2 Å². The number of nitrogens with zero attached hydrogens (tertiary/aromatic N) is 1. The monoisotopic (exact) mass is 317 g/mol. The van der Waals surface area contributed by atoms with Crippen LogP contribution in [-0.4, -0.2) is 47.2 Å². The number of hydrogen-bond acceptors (Lipinski definition) is 3. The number of carbonyl (C=O) groups excluding carboxylic acids is 1. The normalized spacial score (nSPS) is 21.5. The average Bonchev–Trinajstić information content (AvgIpc) is 3.25. The van der Waals surface area contributed by atoms with E-state index < -0.39 is 5.97 Å². The molecule has 0 radical (unpaired) electrons. The summed E-state index contributed by atoms with van der Waals surface area (Å²) in [6.07, 6.45) is 6.50. The lowest BCUT2D eigenvalue weighted by atomic mass is 10.1. The van der Waals surface area contributed by atoms with E-state index in [-0.39, 0.29) is 23.6 Å². The summed E-state index contributed by atoms with van der Waals surface area (Å²) < 4.78 is 5.70. The molecule has 1 heterocycles. The van der Waals surface area contributed by atoms with E-state index >= 15 is 0 Å². The van der Waals surface area contributed by atoms with Crippen LogP contribution in [0, 0.1) is 0 Å². The molecule has 1 aliphatic heterocycles. The molecular weight excluding hydrogens is 294 g/mol. The average molecular weight is 317 g/mol. The number of rotatable bonds is 5. The molecule has 23 heavy (non-hydrogen) atoms. The summed E-state index contributed by atoms with van der Waals surface area (Å²) in [5.41, 5.74) is 0.606. The second kappa shape index (κ2) is 7.13. The Labute approximate surface area is 136 Å². The van der Waals surface area contributed by atoms with Crippen molar-refractivity contribution < 1.29 is 19.4 Å². The van der Waals surface area contributed by atoms with Crippen LogP contribution in [0.15, 0.2) is 24.3 Å². The van der Waals surface area contributed by atoms with Gasteiger partial charge in [0.05, 0.1) is 11.7 Å². The summed E-state index contributed by atoms with van der Waals surface area (Å²) in [6.45, 7) is 1.38. The smallest absolute Gasteiger partial charge is 0.335 e. The van der Waals surface area contributed by atoms with Crippen molar-refractivity contribution in [1.29, 1.82) is 0 Å². The quantitative estimate of drug-likeness (QED) is 0.906. The fraction of sp³-hybridized carbons (Fsp3) is 0.556. The Morgan fingerprint density at radius 3 is 2.52 bits per heavy atom. The molecule has 0 aromatic heterocycles. The minimum atomic E-state index is -1.01. The van der Waals surface area contributed by atoms with Crippen molar-refractivity contribution in [3.8, 4) is 0 Å². The Hall–Kier alpha value is -1.88. The third kappa shape index (κ3) is 3.72. The van der Waals surface area contributed by atoms with Gasteiger partial charge in [-0.05, 0) is 43.9 Å². The van der Waals surface area contributed by atoms with Gasteiger partial charge < -0.3 is 14.7 Å². The van der Waals surface area contributed by atoms with Crippen molar-refractivity contribution in [2.45, 2.75) is 50.7 Å². The summed E-state index contributed by atoms with van der Waals surface area (Å²) in [4.78, 5) is 26.0. The molecule has 1 saturated heterocycles. The van der Waals surface area contributed by atoms with Gasteiger partial charge in [-0.2, -0.15) is 0 Å². The van der Waals surface area contributed by atoms with E-state index in [0.717, 1.165) is 45.1 Å². The molecule has 1 aromatic rings. The lowest BCUT2D eigenvalue weighted by Gasteiger charge is -2.31. The molecule has 2 fully saturated rings. The SMILES string of the molecule is O=C(O)c1cccc(C(=O)N(C[C@@H]2CCCO2)C2CCCC2)c1. The highest BCUT2D eigenvalue weighted by Gasteiger charge is 2.31. The summed E-state index contributed by atoms with van der Waals surface area (Å²) in [6, 6.07) is 6.57. The number of aromatic carboxylic acids is 1. The van der Waals surface area contributed by atoms with Crippen LogP contribution in [0.5, 0.6) is 0 Å². The van der Waals surface area contributed by atoms with Gasteiger partial charge in [-0.1, -0.05) is 18.9 Å². The minimum absolute atomic E-state index is 0.0736. The molecule has 0 unspecified atom stereocenters. The number of ether oxygens (including phenoxy) is 1. The largest absolute Gasteiger partial charge is 0.478 e. The zero-order valence-electron chi connectivity index (χ0n) is 13.2. The Kier molecular flexibility index (Phi) is 4.96. The first kappa shape index (κ1) is 16.0. The standard InChI is InChI=1S/C18H23NO4/c20-17(13-5-3-6-14(11-13)18(21)22)19(15-7-1-2-8-15)12-16-9-4-10-23-16/h3,5-6,11,15-16H,1-2,4,7-10,12H2,(H,21,22)/t16-/m0/s1. The highest BCUT2D eigenvalue weighted by molar-refractivity contribution is 5.97. The van der Waals surface area contributed by atoms with Gasteiger partial charge in [-0.3, -0.25) is 4.79 Å². The lowest BCUT2D eigenvalue weighted by molar-refractivity contribution is 0.0420. The first-order valence-electron chi connectivity index (χ1n) is 8.41. The van der Waals surface area contributed by atoms with Gasteiger partial charge in [-0.15, -0.1) is 0 Å². The highest BCUT2D eigenvalue weighted by Crippen LogP contribution is 2.27. The van der Waals surface area contributed by atoms with Gasteiger partial charge in [0.1, 0.15) is 0 Å². The fourth-order valence-electron chi connectivity index (χ4n) is 3.57. The van der Waals surface area contributed by atoms with Crippen LogP contribution >= 0.6 is 0 Å². The topological polar surface area (TPSA) is 66.8 Å². The second-order valence-electron chi connectivity index (χ2n) is 6.42. The molecule has 124 valence electrons. The fourth-order valence-corrected chi connectivity index (χ4v) is 3.57. The van der Waals surface area contributed by atoms with Crippen LogP contribution in [0.25, 0.3) is 0 Å². The molecule has 5 heteroatoms. The molecule has 1 atom stereocenters. The van der Waals surface area contributed by atoms with Crippen molar-refractivity contribution in [3.63, 3.8) is 0 Å². The van der Waals surface area contributed by atoms with Crippen molar-refractivity contribution in [3.05, 3.63) is 35.4 Å². The minimum Gasteiger partial charge on any atom is -0.478 e. The Morgan fingerprint density at radius 2 is 1.87 bits per heavy atom. The molecule has 1 N–H and O–H groups in total. The van der Waals surface area contributed by atoms with E-state index in [1.165, 1.54) is 12.1 Å². The van der Waals surface area contributed by atoms with Crippen LogP contribution in [0.4, 0.5) is 0 Å². The van der Waals surface area contributed by atoms with E-state index in [2.05, 4.69) is 0 Å². The van der Waals surface area contributed by atoms with E-state index in [1.54, 1.807) is 12.1 Å². The van der Waals surface area contributed by atoms with E-state index in [9.17, 15) is 9.59 Å². The van der Waals surface area contributed by atoms with Gasteiger partial charge in [0.2, 0.25) is 0 Å². The number of carboxylic acid groups (broad SMARTS) is 1. The first-order valence-corrected chi connectivity index (χ1v) is 8.41. The molecule has 3 rings (SSSR count). The highest BCUT2D eigenvalue weighted by atomic mass is 16.5. The van der Waals surface area contributed by atoms with Gasteiger partial charge in [0, 0.05) is 24.8 Å². The predicted octanol–water partition coefficient (Wildman–Crippen LogP) is 2.95. The van der Waals surface area contributed by atoms with E-state index in [0.29, 0.717) is 12.1 Å². The molecule has 5 nitrogen and oxygen atoms in total. The molecule has 1 aromatic carbocycles. The van der Waals surface area contributed by atoms with Gasteiger partial charge in [0.15, 0.2) is 0 Å². The van der Waals surface area contributed by atoms with Crippen molar-refractivity contribution in [2.24, 2.45) is 0 Å². The van der Waals surface area contributed by atoms with Gasteiger partial charge in [-0.25, -0.2) is 4.79 Å². The van der Waals surface area contributed by atoms with Crippen molar-refractivity contribution in [1.82, 2.24) is 4.90 Å². The molecule has 0 spiro atoms. The molecule has 2 aliphatic rings. The third-order valence-corrected chi connectivity index (χ3v) is 4.81. The summed E-state index contributed by atoms with van der Waals surface area (Å²) in [7, 11) is 0. The number of carbonyl (C=O) groups is 2. The maximum Gasteiger partial charge on any atom is 0.335 e. The molecule has 1 amide bonds. The van der Waals surface area contributed by atoms with Crippen LogP contribution < -0.4 is 0 Å². The number of benzene rings is 1. The molecule has 0 bridgehead atoms. The number of carboxylic acids is 1. The molecule has 1 aliphatic carbocycles. The summed E-state index contributed by atoms with van der Waals surface area (Å²) >= 11 is 0. The number of amides is 1. The van der Waals surface area contributed by atoms with Crippen molar-refractivity contribution in [2.75, 3.05) is 13.2 Å². The Morgan fingerprint density at radius 1 is 1.13 bits per heavy atom. The third-order valence-electron chi connectivity index (χ3n) is 4.81. The van der Waals surface area contributed by atoms with Crippen LogP contribution in [-0.2, 0) is 4.74 Å². The molecular formula is C18H23NO4. The summed E-state index contributed by atoms with van der Waals surface area (Å²) in [5, 5.41) is 9.13. The lowest BCUT2D eigenvalue weighted by Crippen LogP contribution is -2.43. The Balaban J connectivity index is 1.80. The second-order valence-corrected chi connectivity index (χ2v) is 6.42. The predicted molar refractivity (Wildman–Crippen MR) is 85.7 cm³/mol. The van der Waals surface area contributed by atoms with Gasteiger partial charge in [0.25, 0.3) is 5.91 Å². The van der Waals surface area contributed by atoms with Gasteiger partial charge >= 0.3 is 5.97 Å². The van der Waals surface area contributed by atoms with Crippen LogP contribution in [0.2, 0.25) is 0 Å².